The van der Waals surface area contributed by atoms with Crippen LogP contribution in [0.4, 0.5) is 0 Å². The minimum Gasteiger partial charge on any atom is -0.486 e. The lowest BCUT2D eigenvalue weighted by molar-refractivity contribution is -0.121. The molecule has 0 spiro atoms. The van der Waals surface area contributed by atoms with E-state index >= 15 is 0 Å². The molecule has 2 heterocycles. The maximum atomic E-state index is 12.9. The zero-order chi connectivity index (χ0) is 23.5. The molecule has 1 aliphatic heterocycles. The Hall–Kier alpha value is -3.78. The second-order valence-electron chi connectivity index (χ2n) is 7.97. The van der Waals surface area contributed by atoms with Crippen molar-refractivity contribution in [3.05, 3.63) is 90.2 Å². The molecule has 0 fully saturated rings. The van der Waals surface area contributed by atoms with Gasteiger partial charge < -0.3 is 19.2 Å². The predicted molar refractivity (Wildman–Crippen MR) is 127 cm³/mol. The lowest BCUT2D eigenvalue weighted by atomic mass is 10.0. The number of carbonyl (C=O) groups is 1. The van der Waals surface area contributed by atoms with E-state index in [-0.39, 0.29) is 17.1 Å². The van der Waals surface area contributed by atoms with Gasteiger partial charge in [-0.1, -0.05) is 48.5 Å². The number of nitrogens with one attached hydrogen (secondary N) is 1. The van der Waals surface area contributed by atoms with Crippen molar-refractivity contribution in [3.8, 4) is 11.5 Å². The number of rotatable bonds is 7. The third kappa shape index (κ3) is 4.63. The molecule has 4 aromatic rings. The molecule has 1 N–H and O–H groups in total. The number of sulfone groups is 1. The van der Waals surface area contributed by atoms with Gasteiger partial charge in [-0.05, 0) is 29.8 Å². The number of hydrogen-bond donors (Lipinski definition) is 1. The zero-order valence-corrected chi connectivity index (χ0v) is 19.1. The third-order valence-corrected chi connectivity index (χ3v) is 7.35. The molecular weight excluding hydrogens is 454 g/mol. The second-order valence-corrected chi connectivity index (χ2v) is 10.1. The van der Waals surface area contributed by atoms with Crippen LogP contribution in [-0.4, -0.2) is 33.3 Å². The van der Waals surface area contributed by atoms with Gasteiger partial charge in [0.1, 0.15) is 30.6 Å². The van der Waals surface area contributed by atoms with Crippen LogP contribution in [0.5, 0.6) is 11.5 Å². The summed E-state index contributed by atoms with van der Waals surface area (Å²) in [5, 5.41) is 3.87. The molecule has 1 amide bonds. The number of benzene rings is 3. The molecule has 0 bridgehead atoms. The second kappa shape index (κ2) is 9.23. The number of carbonyl (C=O) groups excluding carboxylic acids is 1. The van der Waals surface area contributed by atoms with Crippen molar-refractivity contribution < 1.29 is 27.1 Å². The van der Waals surface area contributed by atoms with Crippen molar-refractivity contribution in [2.45, 2.75) is 17.4 Å². The molecule has 0 radical (unpaired) electrons. The van der Waals surface area contributed by atoms with Gasteiger partial charge in [0.25, 0.3) is 0 Å². The molecule has 174 valence electrons. The average molecular weight is 478 g/mol. The number of ether oxygens (including phenoxy) is 2. The quantitative estimate of drug-likeness (QED) is 0.427. The fourth-order valence-electron chi connectivity index (χ4n) is 3.90. The summed E-state index contributed by atoms with van der Waals surface area (Å²) in [6, 6.07) is 22.9. The van der Waals surface area contributed by atoms with Crippen LogP contribution in [-0.2, 0) is 14.6 Å². The van der Waals surface area contributed by atoms with Gasteiger partial charge in [0.05, 0.1) is 10.6 Å². The molecule has 34 heavy (non-hydrogen) atoms. The van der Waals surface area contributed by atoms with E-state index in [0.29, 0.717) is 36.1 Å². The Kier molecular flexibility index (Phi) is 5.98. The highest BCUT2D eigenvalue weighted by molar-refractivity contribution is 7.91. The fourth-order valence-corrected chi connectivity index (χ4v) is 5.16. The third-order valence-electron chi connectivity index (χ3n) is 5.64. The Morgan fingerprint density at radius 2 is 1.62 bits per heavy atom. The molecule has 1 unspecified atom stereocenters. The number of para-hydroxylation sites is 1. The van der Waals surface area contributed by atoms with Gasteiger partial charge in [0.2, 0.25) is 5.91 Å². The van der Waals surface area contributed by atoms with Gasteiger partial charge in [0.15, 0.2) is 21.3 Å². The molecule has 1 aliphatic rings. The van der Waals surface area contributed by atoms with Gasteiger partial charge >= 0.3 is 0 Å². The SMILES string of the molecule is O=C(CCS(=O)(=O)c1ccc2c(c1)OCCO2)NC(c1ccccc1)c1cc2ccccc2o1. The standard InChI is InChI=1S/C26H23NO6S/c28-25(12-15-34(29,30)20-10-11-22-23(17-20)32-14-13-31-22)27-26(18-6-2-1-3-7-18)24-16-19-8-4-5-9-21(19)33-24/h1-11,16-17,26H,12-15H2,(H,27,28). The van der Waals surface area contributed by atoms with Crippen molar-refractivity contribution in [2.24, 2.45) is 0 Å². The summed E-state index contributed by atoms with van der Waals surface area (Å²) in [5.41, 5.74) is 1.55. The maximum absolute atomic E-state index is 12.9. The Labute approximate surface area is 197 Å². The summed E-state index contributed by atoms with van der Waals surface area (Å²) in [6.45, 7) is 0.786. The predicted octanol–water partition coefficient (Wildman–Crippen LogP) is 4.27. The maximum Gasteiger partial charge on any atom is 0.221 e. The van der Waals surface area contributed by atoms with Crippen LogP contribution in [0.3, 0.4) is 0 Å². The summed E-state index contributed by atoms with van der Waals surface area (Å²) in [6.07, 6.45) is -0.194. The highest BCUT2D eigenvalue weighted by atomic mass is 32.2. The van der Waals surface area contributed by atoms with E-state index in [1.807, 2.05) is 60.7 Å². The Morgan fingerprint density at radius 3 is 2.41 bits per heavy atom. The van der Waals surface area contributed by atoms with E-state index in [1.54, 1.807) is 6.07 Å². The molecule has 7 nitrogen and oxygen atoms in total. The molecule has 5 rings (SSSR count). The van der Waals surface area contributed by atoms with E-state index < -0.39 is 21.8 Å². The van der Waals surface area contributed by atoms with Crippen LogP contribution >= 0.6 is 0 Å². The van der Waals surface area contributed by atoms with E-state index in [1.165, 1.54) is 12.1 Å². The molecular formula is C26H23NO6S. The highest BCUT2D eigenvalue weighted by Gasteiger charge is 2.24. The first-order valence-corrected chi connectivity index (χ1v) is 12.6. The van der Waals surface area contributed by atoms with Crippen LogP contribution in [0, 0.1) is 0 Å². The number of amides is 1. The van der Waals surface area contributed by atoms with Crippen molar-refractivity contribution >= 4 is 26.7 Å². The van der Waals surface area contributed by atoms with Gasteiger partial charge in [0, 0.05) is 17.9 Å². The number of furan rings is 1. The van der Waals surface area contributed by atoms with Crippen LogP contribution < -0.4 is 14.8 Å². The topological polar surface area (TPSA) is 94.8 Å². The van der Waals surface area contributed by atoms with Gasteiger partial charge in [-0.15, -0.1) is 0 Å². The van der Waals surface area contributed by atoms with Gasteiger partial charge in [-0.2, -0.15) is 0 Å². The van der Waals surface area contributed by atoms with Crippen molar-refractivity contribution in [2.75, 3.05) is 19.0 Å². The first kappa shape index (κ1) is 22.0. The Balaban J connectivity index is 1.33. The summed E-state index contributed by atoms with van der Waals surface area (Å²) in [4.78, 5) is 13.0. The van der Waals surface area contributed by atoms with E-state index in [2.05, 4.69) is 5.32 Å². The van der Waals surface area contributed by atoms with Crippen molar-refractivity contribution in [1.29, 1.82) is 0 Å². The minimum absolute atomic E-state index is 0.0986. The van der Waals surface area contributed by atoms with Gasteiger partial charge in [-0.25, -0.2) is 8.42 Å². The van der Waals surface area contributed by atoms with Gasteiger partial charge in [-0.3, -0.25) is 4.79 Å². The fraction of sp³-hybridized carbons (Fsp3) is 0.192. The summed E-state index contributed by atoms with van der Waals surface area (Å²) in [7, 11) is -3.69. The molecule has 8 heteroatoms. The lowest BCUT2D eigenvalue weighted by Crippen LogP contribution is -2.30. The van der Waals surface area contributed by atoms with Crippen LogP contribution in [0.2, 0.25) is 0 Å². The lowest BCUT2D eigenvalue weighted by Gasteiger charge is -2.19. The van der Waals surface area contributed by atoms with E-state index in [0.717, 1.165) is 10.9 Å². The molecule has 0 aliphatic carbocycles. The van der Waals surface area contributed by atoms with Crippen LogP contribution in [0.15, 0.2) is 88.2 Å². The average Bonchev–Trinajstić information content (AvgIpc) is 3.30. The zero-order valence-electron chi connectivity index (χ0n) is 18.3. The smallest absolute Gasteiger partial charge is 0.221 e. The number of hydrogen-bond acceptors (Lipinski definition) is 6. The molecule has 0 saturated heterocycles. The number of fused-ring (bicyclic) bond motifs is 2. The summed E-state index contributed by atoms with van der Waals surface area (Å²) in [5.74, 6) is 0.760. The molecule has 1 aromatic heterocycles. The largest absolute Gasteiger partial charge is 0.486 e. The van der Waals surface area contributed by atoms with Crippen LogP contribution in [0.25, 0.3) is 11.0 Å². The van der Waals surface area contributed by atoms with Crippen molar-refractivity contribution in [1.82, 2.24) is 5.32 Å². The highest BCUT2D eigenvalue weighted by Crippen LogP contribution is 2.33. The first-order chi connectivity index (χ1) is 16.5. The Bertz CT molecular complexity index is 1400. The first-order valence-electron chi connectivity index (χ1n) is 10.9. The minimum atomic E-state index is -3.69. The van der Waals surface area contributed by atoms with E-state index in [9.17, 15) is 13.2 Å². The summed E-state index contributed by atoms with van der Waals surface area (Å²) >= 11 is 0. The van der Waals surface area contributed by atoms with Crippen LogP contribution in [0.1, 0.15) is 23.8 Å². The normalized spacial score (nSPS) is 14.0. The molecule has 0 saturated carbocycles. The monoisotopic (exact) mass is 477 g/mol. The molecule has 3 aromatic carbocycles. The Morgan fingerprint density at radius 1 is 0.882 bits per heavy atom. The van der Waals surface area contributed by atoms with Crippen molar-refractivity contribution in [3.63, 3.8) is 0 Å². The summed E-state index contributed by atoms with van der Waals surface area (Å²) < 4.78 is 42.7. The molecule has 1 atom stereocenters. The van der Waals surface area contributed by atoms with E-state index in [4.69, 9.17) is 13.9 Å².